The summed E-state index contributed by atoms with van der Waals surface area (Å²) < 4.78 is 0. The fraction of sp³-hybridized carbons (Fsp3) is 0.882. The van der Waals surface area contributed by atoms with E-state index < -0.39 is 0 Å². The van der Waals surface area contributed by atoms with Gasteiger partial charge in [0.05, 0.1) is 6.26 Å². The van der Waals surface area contributed by atoms with Crippen LogP contribution in [0.25, 0.3) is 0 Å². The molecular formula is C17H30O. The monoisotopic (exact) mass is 250 g/mol. The maximum Gasteiger partial charge on any atom is 0.0754 e. The first-order valence-corrected chi connectivity index (χ1v) is 7.95. The SMILES string of the molecule is CCCCCCC(/C=C/O)C1(C)CC2(CCC2)C1. The Morgan fingerprint density at radius 3 is 2.39 bits per heavy atom. The summed E-state index contributed by atoms with van der Waals surface area (Å²) in [5.41, 5.74) is 1.21. The molecule has 0 aliphatic heterocycles. The normalized spacial score (nSPS) is 25.9. The molecule has 104 valence electrons. The van der Waals surface area contributed by atoms with Gasteiger partial charge >= 0.3 is 0 Å². The largest absolute Gasteiger partial charge is 0.516 e. The number of allylic oxidation sites excluding steroid dienone is 1. The molecule has 0 radical (unpaired) electrons. The number of aliphatic hydroxyl groups excluding tert-OH is 1. The summed E-state index contributed by atoms with van der Waals surface area (Å²) in [6.45, 7) is 4.71. The molecule has 2 aliphatic rings. The van der Waals surface area contributed by atoms with Crippen LogP contribution in [-0.2, 0) is 0 Å². The third-order valence-corrected chi connectivity index (χ3v) is 5.55. The minimum atomic E-state index is 0.478. The van der Waals surface area contributed by atoms with Gasteiger partial charge in [-0.25, -0.2) is 0 Å². The van der Waals surface area contributed by atoms with Crippen molar-refractivity contribution in [2.45, 2.75) is 78.1 Å². The molecule has 1 N–H and O–H groups in total. The van der Waals surface area contributed by atoms with E-state index in [1.807, 2.05) is 0 Å². The molecule has 0 bridgehead atoms. The zero-order valence-electron chi connectivity index (χ0n) is 12.3. The van der Waals surface area contributed by atoms with Gasteiger partial charge in [0.15, 0.2) is 0 Å². The lowest BCUT2D eigenvalue weighted by Crippen LogP contribution is -2.52. The van der Waals surface area contributed by atoms with Gasteiger partial charge in [0, 0.05) is 0 Å². The molecule has 0 aromatic carbocycles. The summed E-state index contributed by atoms with van der Waals surface area (Å²) in [6, 6.07) is 0. The number of unbranched alkanes of at least 4 members (excludes halogenated alkanes) is 3. The molecule has 2 aliphatic carbocycles. The highest BCUT2D eigenvalue weighted by Crippen LogP contribution is 2.67. The van der Waals surface area contributed by atoms with E-state index in [2.05, 4.69) is 19.9 Å². The number of aliphatic hydroxyl groups is 1. The molecule has 0 aromatic heterocycles. The molecule has 2 fully saturated rings. The van der Waals surface area contributed by atoms with Gasteiger partial charge in [-0.3, -0.25) is 0 Å². The fourth-order valence-electron chi connectivity index (χ4n) is 4.53. The van der Waals surface area contributed by atoms with Crippen LogP contribution >= 0.6 is 0 Å². The van der Waals surface area contributed by atoms with Crippen LogP contribution in [0.3, 0.4) is 0 Å². The summed E-state index contributed by atoms with van der Waals surface area (Å²) in [5, 5.41) is 9.14. The van der Waals surface area contributed by atoms with Crippen molar-refractivity contribution in [2.24, 2.45) is 16.7 Å². The first-order chi connectivity index (χ1) is 8.64. The van der Waals surface area contributed by atoms with Gasteiger partial charge < -0.3 is 5.11 Å². The summed E-state index contributed by atoms with van der Waals surface area (Å²) in [4.78, 5) is 0. The Morgan fingerprint density at radius 1 is 1.17 bits per heavy atom. The summed E-state index contributed by atoms with van der Waals surface area (Å²) in [6.07, 6.45) is 17.2. The summed E-state index contributed by atoms with van der Waals surface area (Å²) in [5.74, 6) is 0.602. The van der Waals surface area contributed by atoms with Crippen molar-refractivity contribution in [2.75, 3.05) is 0 Å². The molecule has 1 nitrogen and oxygen atoms in total. The number of hydrogen-bond donors (Lipinski definition) is 1. The average Bonchev–Trinajstić information content (AvgIpc) is 2.26. The number of hydrogen-bond acceptors (Lipinski definition) is 1. The van der Waals surface area contributed by atoms with Crippen LogP contribution in [0.4, 0.5) is 0 Å². The van der Waals surface area contributed by atoms with Crippen molar-refractivity contribution >= 4 is 0 Å². The first kappa shape index (κ1) is 14.0. The molecule has 2 saturated carbocycles. The van der Waals surface area contributed by atoms with Gasteiger partial charge in [0.2, 0.25) is 0 Å². The van der Waals surface area contributed by atoms with E-state index in [1.165, 1.54) is 70.5 Å². The number of rotatable bonds is 7. The molecule has 1 spiro atoms. The van der Waals surface area contributed by atoms with Crippen LogP contribution in [0.2, 0.25) is 0 Å². The second-order valence-electron chi connectivity index (χ2n) is 7.16. The van der Waals surface area contributed by atoms with E-state index in [0.717, 1.165) is 5.41 Å². The van der Waals surface area contributed by atoms with Crippen LogP contribution < -0.4 is 0 Å². The fourth-order valence-corrected chi connectivity index (χ4v) is 4.53. The third-order valence-electron chi connectivity index (χ3n) is 5.55. The summed E-state index contributed by atoms with van der Waals surface area (Å²) in [7, 11) is 0. The van der Waals surface area contributed by atoms with Crippen molar-refractivity contribution in [1.29, 1.82) is 0 Å². The summed E-state index contributed by atoms with van der Waals surface area (Å²) >= 11 is 0. The van der Waals surface area contributed by atoms with E-state index in [1.54, 1.807) is 0 Å². The van der Waals surface area contributed by atoms with Crippen molar-refractivity contribution in [3.8, 4) is 0 Å². The molecular weight excluding hydrogens is 220 g/mol. The van der Waals surface area contributed by atoms with Crippen molar-refractivity contribution in [3.05, 3.63) is 12.3 Å². The second kappa shape index (κ2) is 5.67. The molecule has 1 atom stereocenters. The molecule has 0 saturated heterocycles. The van der Waals surface area contributed by atoms with Crippen LogP contribution in [0.1, 0.15) is 78.1 Å². The van der Waals surface area contributed by atoms with E-state index in [-0.39, 0.29) is 0 Å². The van der Waals surface area contributed by atoms with E-state index in [4.69, 9.17) is 5.11 Å². The highest BCUT2D eigenvalue weighted by molar-refractivity contribution is 5.10. The zero-order chi connectivity index (χ0) is 13.1. The lowest BCUT2D eigenvalue weighted by Gasteiger charge is -2.62. The van der Waals surface area contributed by atoms with Crippen LogP contribution in [0.5, 0.6) is 0 Å². The Labute approximate surface area is 113 Å². The van der Waals surface area contributed by atoms with Crippen molar-refractivity contribution in [1.82, 2.24) is 0 Å². The van der Waals surface area contributed by atoms with E-state index in [9.17, 15) is 0 Å². The van der Waals surface area contributed by atoms with Gasteiger partial charge in [-0.05, 0) is 54.9 Å². The minimum absolute atomic E-state index is 0.478. The van der Waals surface area contributed by atoms with Gasteiger partial charge in [0.25, 0.3) is 0 Å². The van der Waals surface area contributed by atoms with Crippen LogP contribution in [-0.4, -0.2) is 5.11 Å². The smallest absolute Gasteiger partial charge is 0.0754 e. The Kier molecular flexibility index (Phi) is 4.40. The Balaban J connectivity index is 1.81. The quantitative estimate of drug-likeness (QED) is 0.459. The Bertz CT molecular complexity index is 280. The Morgan fingerprint density at radius 2 is 1.89 bits per heavy atom. The van der Waals surface area contributed by atoms with Gasteiger partial charge in [-0.1, -0.05) is 46.0 Å². The maximum atomic E-state index is 9.14. The molecule has 0 heterocycles. The third kappa shape index (κ3) is 2.75. The first-order valence-electron chi connectivity index (χ1n) is 7.95. The van der Waals surface area contributed by atoms with Crippen LogP contribution in [0, 0.1) is 16.7 Å². The lowest BCUT2D eigenvalue weighted by molar-refractivity contribution is -0.110. The predicted molar refractivity (Wildman–Crippen MR) is 77.6 cm³/mol. The van der Waals surface area contributed by atoms with Gasteiger partial charge in [-0.15, -0.1) is 0 Å². The zero-order valence-corrected chi connectivity index (χ0v) is 12.3. The topological polar surface area (TPSA) is 20.2 Å². The van der Waals surface area contributed by atoms with E-state index >= 15 is 0 Å². The average molecular weight is 250 g/mol. The standard InChI is InChI=1S/C17H30O/c1-3-4-5-6-8-15(9-12-18)16(2)13-17(14-16)10-7-11-17/h9,12,15,18H,3-8,10-11,13-14H2,1-2H3/b12-9+. The molecule has 1 heteroatoms. The van der Waals surface area contributed by atoms with E-state index in [0.29, 0.717) is 11.3 Å². The lowest BCUT2D eigenvalue weighted by atomic mass is 9.43. The van der Waals surface area contributed by atoms with Gasteiger partial charge in [-0.2, -0.15) is 0 Å². The molecule has 2 rings (SSSR count). The molecule has 18 heavy (non-hydrogen) atoms. The van der Waals surface area contributed by atoms with Crippen LogP contribution in [0.15, 0.2) is 12.3 Å². The second-order valence-corrected chi connectivity index (χ2v) is 7.16. The van der Waals surface area contributed by atoms with Crippen molar-refractivity contribution < 1.29 is 5.11 Å². The highest BCUT2D eigenvalue weighted by atomic mass is 16.2. The minimum Gasteiger partial charge on any atom is -0.516 e. The van der Waals surface area contributed by atoms with Gasteiger partial charge in [0.1, 0.15) is 0 Å². The predicted octanol–water partition coefficient (Wildman–Crippen LogP) is 5.62. The van der Waals surface area contributed by atoms with Crippen molar-refractivity contribution in [3.63, 3.8) is 0 Å². The Hall–Kier alpha value is -0.460. The highest BCUT2D eigenvalue weighted by Gasteiger charge is 2.56. The molecule has 1 unspecified atom stereocenters. The maximum absolute atomic E-state index is 9.14. The molecule has 0 amide bonds. The molecule has 0 aromatic rings.